The molecule has 0 amide bonds. The van der Waals surface area contributed by atoms with Crippen molar-refractivity contribution in [1.29, 1.82) is 0 Å². The fraction of sp³-hybridized carbons (Fsp3) is 0.367. The zero-order chi connectivity index (χ0) is 23.7. The number of hydrogen-bond donors (Lipinski definition) is 1. The maximum atomic E-state index is 5.95. The lowest BCUT2D eigenvalue weighted by Crippen LogP contribution is -2.07. The van der Waals surface area contributed by atoms with E-state index >= 15 is 0 Å². The SMILES string of the molecule is CCCCCCCCCCOc1ccc(CSC(=Nc2ccccc2)Nc2ccccc2)cc1. The Morgan fingerprint density at radius 1 is 0.735 bits per heavy atom. The van der Waals surface area contributed by atoms with E-state index in [1.54, 1.807) is 11.8 Å². The van der Waals surface area contributed by atoms with Crippen molar-refractivity contribution in [3.05, 3.63) is 90.5 Å². The van der Waals surface area contributed by atoms with E-state index < -0.39 is 0 Å². The van der Waals surface area contributed by atoms with Gasteiger partial charge < -0.3 is 10.1 Å². The monoisotopic (exact) mass is 474 g/mol. The van der Waals surface area contributed by atoms with Crippen LogP contribution in [0.5, 0.6) is 5.75 Å². The summed E-state index contributed by atoms with van der Waals surface area (Å²) >= 11 is 1.70. The van der Waals surface area contributed by atoms with Gasteiger partial charge in [-0.2, -0.15) is 0 Å². The van der Waals surface area contributed by atoms with Crippen molar-refractivity contribution in [2.24, 2.45) is 4.99 Å². The summed E-state index contributed by atoms with van der Waals surface area (Å²) < 4.78 is 5.95. The van der Waals surface area contributed by atoms with E-state index in [1.165, 1.54) is 50.5 Å². The van der Waals surface area contributed by atoms with Gasteiger partial charge in [0.15, 0.2) is 5.17 Å². The molecule has 0 fully saturated rings. The zero-order valence-electron chi connectivity index (χ0n) is 20.4. The highest BCUT2D eigenvalue weighted by Crippen LogP contribution is 2.22. The lowest BCUT2D eigenvalue weighted by atomic mass is 10.1. The molecule has 0 heterocycles. The van der Waals surface area contributed by atoms with Gasteiger partial charge in [-0.25, -0.2) is 4.99 Å². The van der Waals surface area contributed by atoms with E-state index in [4.69, 9.17) is 9.73 Å². The van der Waals surface area contributed by atoms with Crippen molar-refractivity contribution in [3.8, 4) is 5.75 Å². The number of unbranched alkanes of at least 4 members (excludes halogenated alkanes) is 7. The molecule has 0 spiro atoms. The van der Waals surface area contributed by atoms with E-state index in [0.717, 1.165) is 41.1 Å². The van der Waals surface area contributed by atoms with Gasteiger partial charge in [0.05, 0.1) is 12.3 Å². The summed E-state index contributed by atoms with van der Waals surface area (Å²) in [5, 5.41) is 4.34. The standard InChI is InChI=1S/C30H38N2OS/c1-2-3-4-5-6-7-8-15-24-33-29-22-20-26(21-23-29)25-34-30(31-27-16-11-9-12-17-27)32-28-18-13-10-14-19-28/h9-14,16-23H,2-8,15,24-25H2,1H3,(H,31,32). The summed E-state index contributed by atoms with van der Waals surface area (Å²) in [6.45, 7) is 3.07. The molecule has 3 nitrogen and oxygen atoms in total. The lowest BCUT2D eigenvalue weighted by Gasteiger charge is -2.11. The van der Waals surface area contributed by atoms with Crippen LogP contribution in [0, 0.1) is 0 Å². The van der Waals surface area contributed by atoms with Gasteiger partial charge in [-0.3, -0.25) is 0 Å². The molecule has 0 atom stereocenters. The molecule has 4 heteroatoms. The van der Waals surface area contributed by atoms with E-state index in [2.05, 4.69) is 48.6 Å². The maximum Gasteiger partial charge on any atom is 0.166 e. The number of thioether (sulfide) groups is 1. The molecular formula is C30H38N2OS. The second-order valence-electron chi connectivity index (χ2n) is 8.50. The minimum atomic E-state index is 0.804. The van der Waals surface area contributed by atoms with Gasteiger partial charge in [0.2, 0.25) is 0 Å². The van der Waals surface area contributed by atoms with Crippen LogP contribution in [0.15, 0.2) is 89.9 Å². The van der Waals surface area contributed by atoms with Gasteiger partial charge in [-0.1, -0.05) is 112 Å². The van der Waals surface area contributed by atoms with Crippen molar-refractivity contribution in [2.45, 2.75) is 64.0 Å². The van der Waals surface area contributed by atoms with E-state index in [0.29, 0.717) is 0 Å². The van der Waals surface area contributed by atoms with Crippen LogP contribution in [0.1, 0.15) is 63.9 Å². The largest absolute Gasteiger partial charge is 0.494 e. The average molecular weight is 475 g/mol. The van der Waals surface area contributed by atoms with Gasteiger partial charge in [0.1, 0.15) is 5.75 Å². The van der Waals surface area contributed by atoms with Crippen LogP contribution in [0.25, 0.3) is 0 Å². The first-order chi connectivity index (χ1) is 16.8. The molecular weight excluding hydrogens is 436 g/mol. The number of nitrogens with one attached hydrogen (secondary N) is 1. The molecule has 0 saturated carbocycles. The van der Waals surface area contributed by atoms with Crippen LogP contribution >= 0.6 is 11.8 Å². The number of para-hydroxylation sites is 2. The van der Waals surface area contributed by atoms with Gasteiger partial charge >= 0.3 is 0 Å². The summed E-state index contributed by atoms with van der Waals surface area (Å²) in [6, 6.07) is 28.7. The minimum absolute atomic E-state index is 0.804. The molecule has 3 aromatic carbocycles. The molecule has 0 saturated heterocycles. The Morgan fingerprint density at radius 3 is 2.03 bits per heavy atom. The number of rotatable bonds is 14. The van der Waals surface area contributed by atoms with E-state index in [1.807, 2.05) is 48.5 Å². The number of hydrogen-bond acceptors (Lipinski definition) is 3. The molecule has 0 aliphatic carbocycles. The Kier molecular flexibility index (Phi) is 12.2. The summed E-state index contributed by atoms with van der Waals surface area (Å²) in [4.78, 5) is 4.82. The minimum Gasteiger partial charge on any atom is -0.494 e. The number of nitrogens with zero attached hydrogens (tertiary/aromatic N) is 1. The predicted octanol–water partition coefficient (Wildman–Crippen LogP) is 9.24. The maximum absolute atomic E-state index is 5.95. The Hall–Kier alpha value is -2.72. The van der Waals surface area contributed by atoms with Crippen molar-refractivity contribution >= 4 is 28.3 Å². The lowest BCUT2D eigenvalue weighted by molar-refractivity contribution is 0.304. The summed E-state index contributed by atoms with van der Waals surface area (Å²) in [5.74, 6) is 1.79. The van der Waals surface area contributed by atoms with Crippen LogP contribution in [0.4, 0.5) is 11.4 Å². The van der Waals surface area contributed by atoms with E-state index in [9.17, 15) is 0 Å². The van der Waals surface area contributed by atoms with Crippen molar-refractivity contribution < 1.29 is 4.74 Å². The first-order valence-electron chi connectivity index (χ1n) is 12.6. The molecule has 0 aliphatic rings. The van der Waals surface area contributed by atoms with Gasteiger partial charge in [-0.05, 0) is 48.4 Å². The molecule has 3 aromatic rings. The number of benzene rings is 3. The molecule has 34 heavy (non-hydrogen) atoms. The highest BCUT2D eigenvalue weighted by Gasteiger charge is 2.04. The third-order valence-corrected chi connectivity index (χ3v) is 6.52. The predicted molar refractivity (Wildman–Crippen MR) is 149 cm³/mol. The number of ether oxygens (including phenoxy) is 1. The number of amidine groups is 1. The highest BCUT2D eigenvalue weighted by atomic mass is 32.2. The molecule has 180 valence electrons. The van der Waals surface area contributed by atoms with Gasteiger partial charge in [-0.15, -0.1) is 0 Å². The van der Waals surface area contributed by atoms with Crippen LogP contribution in [0.2, 0.25) is 0 Å². The Balaban J connectivity index is 1.43. The summed E-state index contributed by atoms with van der Waals surface area (Å²) in [7, 11) is 0. The fourth-order valence-corrected chi connectivity index (χ4v) is 4.48. The Bertz CT molecular complexity index is 943. The Morgan fingerprint density at radius 2 is 1.35 bits per heavy atom. The molecule has 3 rings (SSSR count). The first-order valence-corrected chi connectivity index (χ1v) is 13.6. The fourth-order valence-electron chi connectivity index (χ4n) is 3.62. The number of anilines is 1. The molecule has 0 radical (unpaired) electrons. The third-order valence-electron chi connectivity index (χ3n) is 5.58. The van der Waals surface area contributed by atoms with Gasteiger partial charge in [0, 0.05) is 11.4 Å². The second kappa shape index (κ2) is 16.0. The topological polar surface area (TPSA) is 33.6 Å². The van der Waals surface area contributed by atoms with E-state index in [-0.39, 0.29) is 0 Å². The average Bonchev–Trinajstić information content (AvgIpc) is 2.88. The van der Waals surface area contributed by atoms with Crippen LogP contribution < -0.4 is 10.1 Å². The van der Waals surface area contributed by atoms with Crippen LogP contribution in [0.3, 0.4) is 0 Å². The van der Waals surface area contributed by atoms with Gasteiger partial charge in [0.25, 0.3) is 0 Å². The zero-order valence-corrected chi connectivity index (χ0v) is 21.2. The molecule has 0 aliphatic heterocycles. The van der Waals surface area contributed by atoms with Crippen molar-refractivity contribution in [1.82, 2.24) is 0 Å². The van der Waals surface area contributed by atoms with Crippen LogP contribution in [-0.4, -0.2) is 11.8 Å². The molecule has 0 bridgehead atoms. The molecule has 1 N–H and O–H groups in total. The van der Waals surface area contributed by atoms with Crippen molar-refractivity contribution in [2.75, 3.05) is 11.9 Å². The quantitative estimate of drug-likeness (QED) is 0.144. The first kappa shape index (κ1) is 25.9. The molecule has 0 aromatic heterocycles. The summed E-state index contributed by atoms with van der Waals surface area (Å²) in [6.07, 6.45) is 10.6. The number of aliphatic imine (C=N–C) groups is 1. The summed E-state index contributed by atoms with van der Waals surface area (Å²) in [5.41, 5.74) is 3.23. The Labute approximate surface area is 210 Å². The van der Waals surface area contributed by atoms with Crippen molar-refractivity contribution in [3.63, 3.8) is 0 Å². The normalized spacial score (nSPS) is 11.4. The highest BCUT2D eigenvalue weighted by molar-refractivity contribution is 8.13. The second-order valence-corrected chi connectivity index (χ2v) is 9.46. The van der Waals surface area contributed by atoms with Crippen LogP contribution in [-0.2, 0) is 5.75 Å². The smallest absolute Gasteiger partial charge is 0.166 e. The molecule has 0 unspecified atom stereocenters. The third kappa shape index (κ3) is 10.5.